The lowest BCUT2D eigenvalue weighted by Crippen LogP contribution is -2.48. The lowest BCUT2D eigenvalue weighted by molar-refractivity contribution is 0.0746. The summed E-state index contributed by atoms with van der Waals surface area (Å²) >= 11 is 15.6. The van der Waals surface area contributed by atoms with E-state index in [0.29, 0.717) is 47.4 Å². The van der Waals surface area contributed by atoms with Crippen LogP contribution in [0.1, 0.15) is 20.9 Å². The zero-order valence-electron chi connectivity index (χ0n) is 15.1. The maximum Gasteiger partial charge on any atom is 0.284 e. The summed E-state index contributed by atoms with van der Waals surface area (Å²) < 4.78 is 6.30. The van der Waals surface area contributed by atoms with Gasteiger partial charge in [-0.3, -0.25) is 9.59 Å². The van der Waals surface area contributed by atoms with Gasteiger partial charge < -0.3 is 20.0 Å². The van der Waals surface area contributed by atoms with E-state index in [1.54, 1.807) is 29.2 Å². The quantitative estimate of drug-likeness (QED) is 0.576. The molecule has 0 unspecified atom stereocenters. The van der Waals surface area contributed by atoms with Crippen molar-refractivity contribution in [3.63, 3.8) is 0 Å². The van der Waals surface area contributed by atoms with Gasteiger partial charge in [-0.15, -0.1) is 0 Å². The van der Waals surface area contributed by atoms with Gasteiger partial charge >= 0.3 is 0 Å². The third-order valence-electron chi connectivity index (χ3n) is 4.87. The number of nitrogens with zero attached hydrogens (tertiary/aromatic N) is 2. The minimum atomic E-state index is -0.608. The van der Waals surface area contributed by atoms with Gasteiger partial charge in [0.25, 0.3) is 11.8 Å². The van der Waals surface area contributed by atoms with Crippen LogP contribution in [0, 0.1) is 0 Å². The molecule has 150 valence electrons. The van der Waals surface area contributed by atoms with E-state index in [-0.39, 0.29) is 11.7 Å². The second kappa shape index (κ2) is 7.89. The molecule has 1 aliphatic heterocycles. The molecule has 1 fully saturated rings. The van der Waals surface area contributed by atoms with Crippen LogP contribution in [0.3, 0.4) is 0 Å². The molecule has 0 atom stereocenters. The molecule has 4 rings (SSSR count). The van der Waals surface area contributed by atoms with Crippen molar-refractivity contribution in [2.75, 3.05) is 31.1 Å². The zero-order chi connectivity index (χ0) is 20.7. The van der Waals surface area contributed by atoms with Crippen molar-refractivity contribution < 1.29 is 14.0 Å². The second-order valence-corrected chi connectivity index (χ2v) is 8.39. The summed E-state index contributed by atoms with van der Waals surface area (Å²) in [5, 5.41) is 1.66. The Kier molecular flexibility index (Phi) is 5.46. The number of hydrogen-bond acceptors (Lipinski definition) is 4. The van der Waals surface area contributed by atoms with Crippen LogP contribution in [0.4, 0.5) is 5.69 Å². The molecule has 29 heavy (non-hydrogen) atoms. The Bertz CT molecular complexity index is 1100. The van der Waals surface area contributed by atoms with Crippen molar-refractivity contribution in [2.45, 2.75) is 0 Å². The van der Waals surface area contributed by atoms with Crippen molar-refractivity contribution in [3.8, 4) is 0 Å². The van der Waals surface area contributed by atoms with Gasteiger partial charge in [0.15, 0.2) is 5.76 Å². The number of rotatable bonds is 3. The molecule has 2 amide bonds. The van der Waals surface area contributed by atoms with Gasteiger partial charge in [-0.05, 0) is 52.3 Å². The maximum absolute atomic E-state index is 12.8. The van der Waals surface area contributed by atoms with E-state index < -0.39 is 5.91 Å². The summed E-state index contributed by atoms with van der Waals surface area (Å²) in [6.45, 7) is 2.44. The zero-order valence-corrected chi connectivity index (χ0v) is 18.2. The molecule has 6 nitrogen and oxygen atoms in total. The Morgan fingerprint density at radius 3 is 2.28 bits per heavy atom. The smallest absolute Gasteiger partial charge is 0.284 e. The van der Waals surface area contributed by atoms with Gasteiger partial charge in [-0.25, -0.2) is 0 Å². The number of carbonyl (C=O) groups is 2. The fourth-order valence-corrected chi connectivity index (χ4v) is 4.66. The molecule has 1 aromatic heterocycles. The third kappa shape index (κ3) is 3.95. The number of halogens is 3. The van der Waals surface area contributed by atoms with Crippen LogP contribution in [0.2, 0.25) is 10.0 Å². The fraction of sp³-hybridized carbons (Fsp3) is 0.200. The summed E-state index contributed by atoms with van der Waals surface area (Å²) in [5.74, 6) is -0.583. The molecule has 0 radical (unpaired) electrons. The first kappa shape index (κ1) is 20.1. The summed E-state index contributed by atoms with van der Waals surface area (Å²) in [7, 11) is 0. The number of amides is 2. The van der Waals surface area contributed by atoms with Crippen molar-refractivity contribution in [1.29, 1.82) is 0 Å². The Morgan fingerprint density at radius 2 is 1.66 bits per heavy atom. The normalized spacial score (nSPS) is 14.4. The number of hydrogen-bond donors (Lipinski definition) is 1. The molecule has 0 saturated carbocycles. The molecule has 2 aromatic carbocycles. The molecular weight excluding hydrogens is 481 g/mol. The monoisotopic (exact) mass is 495 g/mol. The number of primary amides is 1. The lowest BCUT2D eigenvalue weighted by Gasteiger charge is -2.36. The van der Waals surface area contributed by atoms with Crippen LogP contribution in [-0.2, 0) is 0 Å². The number of anilines is 1. The van der Waals surface area contributed by atoms with Crippen molar-refractivity contribution in [2.24, 2.45) is 5.73 Å². The van der Waals surface area contributed by atoms with Gasteiger partial charge in [-0.2, -0.15) is 0 Å². The highest BCUT2D eigenvalue weighted by atomic mass is 79.9. The Hall–Kier alpha value is -2.22. The van der Waals surface area contributed by atoms with E-state index in [0.717, 1.165) is 15.5 Å². The maximum atomic E-state index is 12.8. The molecule has 0 spiro atoms. The Labute approximate surface area is 185 Å². The highest BCUT2D eigenvalue weighted by Crippen LogP contribution is 2.36. The first-order valence-electron chi connectivity index (χ1n) is 8.85. The van der Waals surface area contributed by atoms with E-state index in [2.05, 4.69) is 20.8 Å². The Balaban J connectivity index is 1.51. The van der Waals surface area contributed by atoms with Gasteiger partial charge in [0, 0.05) is 47.2 Å². The van der Waals surface area contributed by atoms with Crippen molar-refractivity contribution in [1.82, 2.24) is 4.90 Å². The number of carbonyl (C=O) groups excluding carboxylic acids is 2. The van der Waals surface area contributed by atoms with E-state index in [1.165, 1.54) is 0 Å². The van der Waals surface area contributed by atoms with Crippen LogP contribution in [0.5, 0.6) is 0 Å². The second-order valence-electron chi connectivity index (χ2n) is 6.72. The van der Waals surface area contributed by atoms with E-state index >= 15 is 0 Å². The van der Waals surface area contributed by atoms with Crippen LogP contribution >= 0.6 is 39.1 Å². The molecule has 2 N–H and O–H groups in total. The van der Waals surface area contributed by atoms with Gasteiger partial charge in [-0.1, -0.05) is 23.2 Å². The summed E-state index contributed by atoms with van der Waals surface area (Å²) in [5.41, 5.74) is 7.34. The summed E-state index contributed by atoms with van der Waals surface area (Å²) in [4.78, 5) is 28.1. The molecule has 0 bridgehead atoms. The van der Waals surface area contributed by atoms with Crippen molar-refractivity contribution >= 4 is 67.6 Å². The molecular formula is C20H16BrCl2N3O3. The third-order valence-corrected chi connectivity index (χ3v) is 6.14. The summed E-state index contributed by atoms with van der Waals surface area (Å²) in [6, 6.07) is 10.2. The van der Waals surface area contributed by atoms with Gasteiger partial charge in [0.05, 0.1) is 10.2 Å². The molecule has 1 aliphatic rings. The first-order chi connectivity index (χ1) is 13.8. The predicted octanol–water partition coefficient (Wildman–Crippen LogP) is 4.56. The predicted molar refractivity (Wildman–Crippen MR) is 117 cm³/mol. The molecule has 1 saturated heterocycles. The largest absolute Gasteiger partial charge is 0.451 e. The van der Waals surface area contributed by atoms with Crippen molar-refractivity contribution in [3.05, 3.63) is 62.2 Å². The minimum absolute atomic E-state index is 0.0931. The molecule has 2 heterocycles. The number of furan rings is 1. The van der Waals surface area contributed by atoms with Crippen LogP contribution in [-0.4, -0.2) is 42.9 Å². The SMILES string of the molecule is NC(=O)c1cc2c(Br)c(N3CCN(C(=O)c4cc(Cl)cc(Cl)c4)CC3)ccc2o1. The molecule has 9 heteroatoms. The topological polar surface area (TPSA) is 79.8 Å². The average molecular weight is 497 g/mol. The average Bonchev–Trinajstić information content (AvgIpc) is 3.13. The van der Waals surface area contributed by atoms with Crippen LogP contribution in [0.15, 0.2) is 45.3 Å². The van der Waals surface area contributed by atoms with Gasteiger partial charge in [0.2, 0.25) is 0 Å². The number of nitrogens with two attached hydrogens (primary N) is 1. The summed E-state index contributed by atoms with van der Waals surface area (Å²) in [6.07, 6.45) is 0. The van der Waals surface area contributed by atoms with Crippen LogP contribution < -0.4 is 10.6 Å². The number of benzene rings is 2. The van der Waals surface area contributed by atoms with Gasteiger partial charge in [0.1, 0.15) is 5.58 Å². The molecule has 0 aliphatic carbocycles. The number of piperazine rings is 1. The fourth-order valence-electron chi connectivity index (χ4n) is 3.44. The highest BCUT2D eigenvalue weighted by Gasteiger charge is 2.25. The number of fused-ring (bicyclic) bond motifs is 1. The first-order valence-corrected chi connectivity index (χ1v) is 10.4. The van der Waals surface area contributed by atoms with E-state index in [9.17, 15) is 9.59 Å². The lowest BCUT2D eigenvalue weighted by atomic mass is 10.1. The molecule has 3 aromatic rings. The van der Waals surface area contributed by atoms with Crippen LogP contribution in [0.25, 0.3) is 11.0 Å². The Morgan fingerprint density at radius 1 is 1.00 bits per heavy atom. The minimum Gasteiger partial charge on any atom is -0.451 e. The highest BCUT2D eigenvalue weighted by molar-refractivity contribution is 9.10. The van der Waals surface area contributed by atoms with E-state index in [4.69, 9.17) is 33.4 Å². The van der Waals surface area contributed by atoms with E-state index in [1.807, 2.05) is 12.1 Å². The standard InChI is InChI=1S/C20H16BrCl2N3O3/c21-18-14-10-17(19(24)27)29-16(14)2-1-15(18)25-3-5-26(6-4-25)20(28)11-7-12(22)9-13(23)8-11/h1-2,7-10H,3-6H2,(H2,24,27).